The molecule has 0 unspecified atom stereocenters. The Bertz CT molecular complexity index is 890. The van der Waals surface area contributed by atoms with E-state index in [9.17, 15) is 9.90 Å². The van der Waals surface area contributed by atoms with Gasteiger partial charge in [-0.05, 0) is 48.5 Å². The van der Waals surface area contributed by atoms with Crippen LogP contribution in [0.15, 0.2) is 59.4 Å². The number of fused-ring (bicyclic) bond motifs is 1. The smallest absolute Gasteiger partial charge is 0.248 e. The number of aromatic nitrogens is 1. The number of nitrogens with one attached hydrogen (secondary N) is 2. The molecule has 0 saturated carbocycles. The molecule has 1 atom stereocenters. The van der Waals surface area contributed by atoms with Crippen molar-refractivity contribution in [1.82, 2.24) is 4.98 Å². The summed E-state index contributed by atoms with van der Waals surface area (Å²) in [5.74, 6) is 1.43. The van der Waals surface area contributed by atoms with E-state index in [1.165, 1.54) is 6.07 Å². The lowest BCUT2D eigenvalue weighted by molar-refractivity contribution is 0.117. The molecule has 0 saturated heterocycles. The van der Waals surface area contributed by atoms with E-state index < -0.39 is 6.10 Å². The number of hydrogen-bond donors (Lipinski definition) is 3. The number of aromatic amines is 1. The summed E-state index contributed by atoms with van der Waals surface area (Å²) in [4.78, 5) is 14.0. The molecule has 0 amide bonds. The van der Waals surface area contributed by atoms with Crippen LogP contribution in [0.5, 0.6) is 11.5 Å². The van der Waals surface area contributed by atoms with E-state index in [1.54, 1.807) is 25.3 Å². The average molecular weight is 340 g/mol. The van der Waals surface area contributed by atoms with Gasteiger partial charge >= 0.3 is 0 Å². The maximum Gasteiger partial charge on any atom is 0.248 e. The molecule has 3 N–H and O–H groups in total. The fourth-order valence-electron chi connectivity index (χ4n) is 2.42. The molecule has 0 spiro atoms. The van der Waals surface area contributed by atoms with Crippen molar-refractivity contribution in [3.63, 3.8) is 0 Å². The Morgan fingerprint density at radius 2 is 1.84 bits per heavy atom. The van der Waals surface area contributed by atoms with Crippen LogP contribution in [0.3, 0.4) is 0 Å². The van der Waals surface area contributed by atoms with Crippen LogP contribution < -0.4 is 20.3 Å². The predicted octanol–water partition coefficient (Wildman–Crippen LogP) is 2.39. The predicted molar refractivity (Wildman–Crippen MR) is 97.6 cm³/mol. The molecule has 0 aliphatic carbocycles. The highest BCUT2D eigenvalue weighted by molar-refractivity contribution is 5.79. The minimum Gasteiger partial charge on any atom is -0.497 e. The third-order valence-electron chi connectivity index (χ3n) is 3.77. The van der Waals surface area contributed by atoms with Crippen molar-refractivity contribution in [3.05, 3.63) is 65.0 Å². The van der Waals surface area contributed by atoms with Gasteiger partial charge in [-0.2, -0.15) is 0 Å². The molecule has 0 aliphatic heterocycles. The largest absolute Gasteiger partial charge is 0.497 e. The van der Waals surface area contributed by atoms with E-state index in [4.69, 9.17) is 9.47 Å². The highest BCUT2D eigenvalue weighted by Crippen LogP contribution is 2.18. The number of benzene rings is 2. The van der Waals surface area contributed by atoms with Gasteiger partial charge in [0.1, 0.15) is 24.2 Å². The molecule has 6 heteroatoms. The maximum absolute atomic E-state index is 11.3. The van der Waals surface area contributed by atoms with Crippen molar-refractivity contribution in [1.29, 1.82) is 0 Å². The van der Waals surface area contributed by atoms with Gasteiger partial charge in [0, 0.05) is 29.2 Å². The molecule has 1 heterocycles. The fourth-order valence-corrected chi connectivity index (χ4v) is 2.42. The normalized spacial score (nSPS) is 11.9. The summed E-state index contributed by atoms with van der Waals surface area (Å²) in [7, 11) is 1.62. The topological polar surface area (TPSA) is 83.6 Å². The molecule has 3 rings (SSSR count). The minimum absolute atomic E-state index is 0.138. The molecular formula is C19H20N2O4. The second-order valence-electron chi connectivity index (χ2n) is 5.65. The highest BCUT2D eigenvalue weighted by atomic mass is 16.5. The van der Waals surface area contributed by atoms with Gasteiger partial charge in [-0.3, -0.25) is 4.79 Å². The summed E-state index contributed by atoms with van der Waals surface area (Å²) >= 11 is 0. The molecule has 0 bridgehead atoms. The maximum atomic E-state index is 11.3. The lowest BCUT2D eigenvalue weighted by Crippen LogP contribution is -2.26. The summed E-state index contributed by atoms with van der Waals surface area (Å²) in [5, 5.41) is 14.1. The van der Waals surface area contributed by atoms with Gasteiger partial charge in [0.2, 0.25) is 5.56 Å². The van der Waals surface area contributed by atoms with Gasteiger partial charge in [0.15, 0.2) is 0 Å². The molecule has 25 heavy (non-hydrogen) atoms. The van der Waals surface area contributed by atoms with Crippen molar-refractivity contribution in [3.8, 4) is 11.5 Å². The first kappa shape index (κ1) is 16.9. The number of aliphatic hydroxyl groups excluding tert-OH is 1. The average Bonchev–Trinajstić information content (AvgIpc) is 2.65. The Kier molecular flexibility index (Phi) is 5.20. The number of ether oxygens (including phenoxy) is 2. The molecule has 0 fully saturated rings. The van der Waals surface area contributed by atoms with Crippen LogP contribution in [0.25, 0.3) is 10.9 Å². The van der Waals surface area contributed by atoms with E-state index in [1.807, 2.05) is 30.3 Å². The highest BCUT2D eigenvalue weighted by Gasteiger charge is 2.06. The summed E-state index contributed by atoms with van der Waals surface area (Å²) in [6.07, 6.45) is -0.659. The summed E-state index contributed by atoms with van der Waals surface area (Å²) < 4.78 is 10.7. The zero-order chi connectivity index (χ0) is 17.6. The third kappa shape index (κ3) is 4.51. The van der Waals surface area contributed by atoms with Crippen LogP contribution in [0.2, 0.25) is 0 Å². The Morgan fingerprint density at radius 1 is 1.08 bits per heavy atom. The van der Waals surface area contributed by atoms with E-state index in [-0.39, 0.29) is 12.2 Å². The van der Waals surface area contributed by atoms with E-state index >= 15 is 0 Å². The zero-order valence-corrected chi connectivity index (χ0v) is 13.9. The van der Waals surface area contributed by atoms with Gasteiger partial charge in [-0.25, -0.2) is 0 Å². The standard InChI is InChI=1S/C19H20N2O4/c1-24-16-5-3-14(4-6-16)20-11-15(22)12-25-17-7-8-18-13(10-17)2-9-19(23)21-18/h2-10,15,20,22H,11-12H2,1H3,(H,21,23)/t15-/m0/s1. The quantitative estimate of drug-likeness (QED) is 0.615. The minimum atomic E-state index is -0.659. The molecule has 6 nitrogen and oxygen atoms in total. The first-order chi connectivity index (χ1) is 12.1. The van der Waals surface area contributed by atoms with E-state index in [0.29, 0.717) is 12.3 Å². The number of H-pyrrole nitrogens is 1. The summed E-state index contributed by atoms with van der Waals surface area (Å²) in [6, 6.07) is 16.1. The second-order valence-corrected chi connectivity index (χ2v) is 5.65. The Labute approximate surface area is 145 Å². The molecule has 0 aliphatic rings. The van der Waals surface area contributed by atoms with Crippen LogP contribution in [0, 0.1) is 0 Å². The van der Waals surface area contributed by atoms with Crippen molar-refractivity contribution in [2.75, 3.05) is 25.6 Å². The van der Waals surface area contributed by atoms with Crippen LogP contribution >= 0.6 is 0 Å². The Hall–Kier alpha value is -2.99. The first-order valence-electron chi connectivity index (χ1n) is 7.96. The zero-order valence-electron chi connectivity index (χ0n) is 13.9. The van der Waals surface area contributed by atoms with Crippen LogP contribution in [0.4, 0.5) is 5.69 Å². The molecule has 3 aromatic rings. The van der Waals surface area contributed by atoms with Crippen molar-refractivity contribution in [2.45, 2.75) is 6.10 Å². The Morgan fingerprint density at radius 3 is 2.60 bits per heavy atom. The number of pyridine rings is 1. The van der Waals surface area contributed by atoms with Crippen LogP contribution in [-0.4, -0.2) is 36.5 Å². The molecular weight excluding hydrogens is 320 g/mol. The van der Waals surface area contributed by atoms with Gasteiger partial charge < -0.3 is 24.9 Å². The lowest BCUT2D eigenvalue weighted by Gasteiger charge is -2.14. The fraction of sp³-hybridized carbons (Fsp3) is 0.211. The first-order valence-corrected chi connectivity index (χ1v) is 7.96. The number of hydrogen-bond acceptors (Lipinski definition) is 5. The second kappa shape index (κ2) is 7.72. The van der Waals surface area contributed by atoms with Crippen LogP contribution in [0.1, 0.15) is 0 Å². The van der Waals surface area contributed by atoms with Crippen LogP contribution in [-0.2, 0) is 0 Å². The van der Waals surface area contributed by atoms with Crippen molar-refractivity contribution < 1.29 is 14.6 Å². The molecule has 130 valence electrons. The Balaban J connectivity index is 1.52. The lowest BCUT2D eigenvalue weighted by atomic mass is 10.2. The number of aliphatic hydroxyl groups is 1. The molecule has 2 aromatic carbocycles. The number of anilines is 1. The molecule has 0 radical (unpaired) electrons. The molecule has 1 aromatic heterocycles. The number of rotatable bonds is 7. The van der Waals surface area contributed by atoms with Crippen molar-refractivity contribution >= 4 is 16.6 Å². The van der Waals surface area contributed by atoms with E-state index in [0.717, 1.165) is 22.3 Å². The van der Waals surface area contributed by atoms with Crippen molar-refractivity contribution in [2.24, 2.45) is 0 Å². The van der Waals surface area contributed by atoms with Gasteiger partial charge in [-0.1, -0.05) is 0 Å². The SMILES string of the molecule is COc1ccc(NC[C@H](O)COc2ccc3[nH]c(=O)ccc3c2)cc1. The number of methoxy groups -OCH3 is 1. The van der Waals surface area contributed by atoms with E-state index in [2.05, 4.69) is 10.3 Å². The van der Waals surface area contributed by atoms with Gasteiger partial charge in [0.05, 0.1) is 7.11 Å². The van der Waals surface area contributed by atoms with Gasteiger partial charge in [0.25, 0.3) is 0 Å². The summed E-state index contributed by atoms with van der Waals surface area (Å²) in [5.41, 5.74) is 1.51. The third-order valence-corrected chi connectivity index (χ3v) is 3.77. The van der Waals surface area contributed by atoms with Gasteiger partial charge in [-0.15, -0.1) is 0 Å². The monoisotopic (exact) mass is 340 g/mol. The summed E-state index contributed by atoms with van der Waals surface area (Å²) in [6.45, 7) is 0.533.